The van der Waals surface area contributed by atoms with Crippen LogP contribution in [0.4, 0.5) is 4.79 Å². The SMILES string of the molecule is COC(=O)[C@@H]1C[C@@H](C2CC2)CN1C(=O)OC(C)(C)C. The second kappa shape index (κ2) is 5.02. The number of hydrogen-bond acceptors (Lipinski definition) is 4. The van der Waals surface area contributed by atoms with Crippen molar-refractivity contribution in [3.8, 4) is 0 Å². The molecule has 2 atom stereocenters. The molecule has 108 valence electrons. The Morgan fingerprint density at radius 2 is 1.79 bits per heavy atom. The molecular formula is C14H23NO4. The van der Waals surface area contributed by atoms with Gasteiger partial charge in [-0.3, -0.25) is 4.90 Å². The molecule has 5 heteroatoms. The Kier molecular flexibility index (Phi) is 3.74. The summed E-state index contributed by atoms with van der Waals surface area (Å²) < 4.78 is 10.2. The predicted octanol–water partition coefficient (Wildman–Crippen LogP) is 2.20. The maximum Gasteiger partial charge on any atom is 0.411 e. The van der Waals surface area contributed by atoms with Crippen LogP contribution >= 0.6 is 0 Å². The van der Waals surface area contributed by atoms with E-state index in [9.17, 15) is 9.59 Å². The lowest BCUT2D eigenvalue weighted by Crippen LogP contribution is -2.43. The van der Waals surface area contributed by atoms with Crippen molar-refractivity contribution >= 4 is 12.1 Å². The van der Waals surface area contributed by atoms with E-state index in [4.69, 9.17) is 9.47 Å². The molecule has 1 aliphatic carbocycles. The third-order valence-electron chi connectivity index (χ3n) is 3.72. The van der Waals surface area contributed by atoms with E-state index in [0.29, 0.717) is 24.8 Å². The van der Waals surface area contributed by atoms with Gasteiger partial charge in [0.25, 0.3) is 0 Å². The van der Waals surface area contributed by atoms with Crippen LogP contribution in [0, 0.1) is 11.8 Å². The van der Waals surface area contributed by atoms with Crippen molar-refractivity contribution in [1.29, 1.82) is 0 Å². The minimum atomic E-state index is -0.546. The number of rotatable bonds is 2. The quantitative estimate of drug-likeness (QED) is 0.721. The highest BCUT2D eigenvalue weighted by molar-refractivity contribution is 5.82. The molecule has 0 bridgehead atoms. The molecular weight excluding hydrogens is 246 g/mol. The lowest BCUT2D eigenvalue weighted by Gasteiger charge is -2.27. The number of carbonyl (C=O) groups is 2. The molecule has 19 heavy (non-hydrogen) atoms. The molecule has 1 saturated carbocycles. The maximum absolute atomic E-state index is 12.2. The standard InChI is InChI=1S/C14H23NO4/c1-14(2,3)19-13(17)15-8-10(9-5-6-9)7-11(15)12(16)18-4/h9-11H,5-8H2,1-4H3/t10-,11+/m1/s1. The van der Waals surface area contributed by atoms with Crippen LogP contribution in [0.5, 0.6) is 0 Å². The van der Waals surface area contributed by atoms with E-state index in [-0.39, 0.29) is 5.97 Å². The van der Waals surface area contributed by atoms with E-state index < -0.39 is 17.7 Å². The summed E-state index contributed by atoms with van der Waals surface area (Å²) in [5, 5.41) is 0. The average Bonchev–Trinajstić information content (AvgIpc) is 3.05. The highest BCUT2D eigenvalue weighted by Crippen LogP contribution is 2.43. The van der Waals surface area contributed by atoms with Crippen molar-refractivity contribution in [2.75, 3.05) is 13.7 Å². The topological polar surface area (TPSA) is 55.8 Å². The molecule has 0 aromatic heterocycles. The van der Waals surface area contributed by atoms with Crippen molar-refractivity contribution in [3.05, 3.63) is 0 Å². The average molecular weight is 269 g/mol. The van der Waals surface area contributed by atoms with Gasteiger partial charge in [0.1, 0.15) is 11.6 Å². The number of amides is 1. The number of nitrogens with zero attached hydrogens (tertiary/aromatic N) is 1. The molecule has 1 aliphatic heterocycles. The fourth-order valence-corrected chi connectivity index (χ4v) is 2.66. The highest BCUT2D eigenvalue weighted by Gasteiger charge is 2.46. The van der Waals surface area contributed by atoms with Gasteiger partial charge in [-0.2, -0.15) is 0 Å². The van der Waals surface area contributed by atoms with Crippen LogP contribution in [0.25, 0.3) is 0 Å². The molecule has 2 fully saturated rings. The van der Waals surface area contributed by atoms with E-state index in [0.717, 1.165) is 0 Å². The fraction of sp³-hybridized carbons (Fsp3) is 0.857. The minimum Gasteiger partial charge on any atom is -0.467 e. The van der Waals surface area contributed by atoms with Crippen molar-refractivity contribution in [3.63, 3.8) is 0 Å². The normalized spacial score (nSPS) is 27.3. The number of hydrogen-bond donors (Lipinski definition) is 0. The summed E-state index contributed by atoms with van der Waals surface area (Å²) >= 11 is 0. The Balaban J connectivity index is 2.06. The van der Waals surface area contributed by atoms with Gasteiger partial charge in [-0.25, -0.2) is 9.59 Å². The molecule has 2 rings (SSSR count). The lowest BCUT2D eigenvalue weighted by atomic mass is 10.0. The second-order valence-electron chi connectivity index (χ2n) is 6.50. The smallest absolute Gasteiger partial charge is 0.411 e. The van der Waals surface area contributed by atoms with Gasteiger partial charge in [0, 0.05) is 6.54 Å². The summed E-state index contributed by atoms with van der Waals surface area (Å²) in [5.74, 6) is 0.741. The van der Waals surface area contributed by atoms with E-state index in [1.165, 1.54) is 20.0 Å². The third-order valence-corrected chi connectivity index (χ3v) is 3.72. The molecule has 1 heterocycles. The molecule has 1 amide bonds. The van der Waals surface area contributed by atoms with Gasteiger partial charge in [0.05, 0.1) is 7.11 Å². The summed E-state index contributed by atoms with van der Waals surface area (Å²) in [6.45, 7) is 6.09. The first-order chi connectivity index (χ1) is 8.81. The molecule has 0 N–H and O–H groups in total. The Morgan fingerprint density at radius 1 is 1.16 bits per heavy atom. The summed E-state index contributed by atoms with van der Waals surface area (Å²) in [6.07, 6.45) is 2.71. The molecule has 0 radical (unpaired) electrons. The van der Waals surface area contributed by atoms with Gasteiger partial charge in [-0.15, -0.1) is 0 Å². The molecule has 2 aliphatic rings. The minimum absolute atomic E-state index is 0.339. The predicted molar refractivity (Wildman–Crippen MR) is 69.6 cm³/mol. The summed E-state index contributed by atoms with van der Waals surface area (Å²) in [7, 11) is 1.36. The number of likely N-dealkylation sites (tertiary alicyclic amines) is 1. The van der Waals surface area contributed by atoms with Gasteiger partial charge in [-0.05, 0) is 51.9 Å². The van der Waals surface area contributed by atoms with Gasteiger partial charge >= 0.3 is 12.1 Å². The van der Waals surface area contributed by atoms with Crippen LogP contribution in [-0.2, 0) is 14.3 Å². The second-order valence-corrected chi connectivity index (χ2v) is 6.50. The van der Waals surface area contributed by atoms with Crippen LogP contribution in [0.3, 0.4) is 0 Å². The maximum atomic E-state index is 12.2. The molecule has 1 saturated heterocycles. The summed E-state index contributed by atoms with van der Waals surface area (Å²) in [5.41, 5.74) is -0.546. The van der Waals surface area contributed by atoms with Crippen LogP contribution in [0.15, 0.2) is 0 Å². The van der Waals surface area contributed by atoms with Gasteiger partial charge < -0.3 is 9.47 Å². The number of ether oxygens (including phenoxy) is 2. The monoisotopic (exact) mass is 269 g/mol. The summed E-state index contributed by atoms with van der Waals surface area (Å²) in [6, 6.07) is -0.481. The Morgan fingerprint density at radius 3 is 2.26 bits per heavy atom. The van der Waals surface area contributed by atoms with Crippen molar-refractivity contribution in [2.24, 2.45) is 11.8 Å². The van der Waals surface area contributed by atoms with E-state index in [1.54, 1.807) is 4.90 Å². The van der Waals surface area contributed by atoms with E-state index >= 15 is 0 Å². The molecule has 0 spiro atoms. The number of esters is 1. The first-order valence-corrected chi connectivity index (χ1v) is 6.89. The number of carbonyl (C=O) groups excluding carboxylic acids is 2. The van der Waals surface area contributed by atoms with Gasteiger partial charge in [0.2, 0.25) is 0 Å². The Labute approximate surface area is 114 Å². The number of methoxy groups -OCH3 is 1. The van der Waals surface area contributed by atoms with E-state index in [2.05, 4.69) is 0 Å². The zero-order valence-electron chi connectivity index (χ0n) is 12.1. The van der Waals surface area contributed by atoms with E-state index in [1.807, 2.05) is 20.8 Å². The highest BCUT2D eigenvalue weighted by atomic mass is 16.6. The first-order valence-electron chi connectivity index (χ1n) is 6.89. The zero-order valence-corrected chi connectivity index (χ0v) is 12.1. The van der Waals surface area contributed by atoms with Crippen LogP contribution < -0.4 is 0 Å². The molecule has 5 nitrogen and oxygen atoms in total. The molecule has 0 unspecified atom stereocenters. The van der Waals surface area contributed by atoms with Crippen molar-refractivity contribution in [2.45, 2.75) is 51.7 Å². The summed E-state index contributed by atoms with van der Waals surface area (Å²) in [4.78, 5) is 25.5. The third kappa shape index (κ3) is 3.39. The van der Waals surface area contributed by atoms with Crippen LogP contribution in [0.1, 0.15) is 40.0 Å². The van der Waals surface area contributed by atoms with Crippen LogP contribution in [-0.4, -0.2) is 42.3 Å². The van der Waals surface area contributed by atoms with Crippen LogP contribution in [0.2, 0.25) is 0 Å². The first kappa shape index (κ1) is 14.2. The molecule has 0 aromatic rings. The van der Waals surface area contributed by atoms with Gasteiger partial charge in [0.15, 0.2) is 0 Å². The Bertz CT molecular complexity index is 370. The largest absolute Gasteiger partial charge is 0.467 e. The fourth-order valence-electron chi connectivity index (χ4n) is 2.66. The Hall–Kier alpha value is -1.26. The zero-order chi connectivity index (χ0) is 14.2. The van der Waals surface area contributed by atoms with Crippen molar-refractivity contribution < 1.29 is 19.1 Å². The lowest BCUT2D eigenvalue weighted by molar-refractivity contribution is -0.145. The van der Waals surface area contributed by atoms with Crippen molar-refractivity contribution in [1.82, 2.24) is 4.90 Å². The van der Waals surface area contributed by atoms with Gasteiger partial charge in [-0.1, -0.05) is 0 Å². The molecule has 0 aromatic carbocycles.